The first-order valence-electron chi connectivity index (χ1n) is 3.07. The number of hydrogen-bond donors (Lipinski definition) is 0. The normalized spacial score (nSPS) is 15.3. The Balaban J connectivity index is 2.59. The van der Waals surface area contributed by atoms with Gasteiger partial charge in [0.25, 0.3) is 0 Å². The second-order valence-corrected chi connectivity index (χ2v) is 3.41. The monoisotopic (exact) mass is 247 g/mol. The zero-order valence-corrected chi connectivity index (χ0v) is 7.46. The number of rotatable bonds is 0. The van der Waals surface area contributed by atoms with E-state index in [9.17, 15) is 0 Å². The number of nitrogens with zero attached hydrogens (tertiary/aromatic N) is 1. The van der Waals surface area contributed by atoms with Gasteiger partial charge in [-0.25, -0.2) is 0 Å². The van der Waals surface area contributed by atoms with Gasteiger partial charge in [-0.2, -0.15) is 0 Å². The maximum absolute atomic E-state index is 5.25. The summed E-state index contributed by atoms with van der Waals surface area (Å²) in [5, 5.41) is 0. The highest BCUT2D eigenvalue weighted by atomic mass is 127. The lowest BCUT2D eigenvalue weighted by Crippen LogP contribution is -1.87. The van der Waals surface area contributed by atoms with Crippen molar-refractivity contribution < 1.29 is 4.74 Å². The van der Waals surface area contributed by atoms with Gasteiger partial charge in [0.2, 0.25) is 0 Å². The molecule has 1 aromatic rings. The summed E-state index contributed by atoms with van der Waals surface area (Å²) in [7, 11) is 0. The number of fused-ring (bicyclic) bond motifs is 1. The van der Waals surface area contributed by atoms with E-state index >= 15 is 0 Å². The smallest absolute Gasteiger partial charge is 0.0740 e. The molecule has 0 saturated heterocycles. The number of aromatic nitrogens is 1. The van der Waals surface area contributed by atoms with E-state index in [0.29, 0.717) is 0 Å². The minimum atomic E-state index is 0.735. The van der Waals surface area contributed by atoms with E-state index in [1.165, 1.54) is 14.7 Å². The SMILES string of the molecule is Ic1cncc2c1COC2. The fourth-order valence-electron chi connectivity index (χ4n) is 1.05. The van der Waals surface area contributed by atoms with Gasteiger partial charge in [0.05, 0.1) is 13.2 Å². The van der Waals surface area contributed by atoms with Crippen molar-refractivity contribution in [2.45, 2.75) is 13.2 Å². The molecule has 0 atom stereocenters. The van der Waals surface area contributed by atoms with Gasteiger partial charge in [-0.05, 0) is 28.2 Å². The van der Waals surface area contributed by atoms with Crippen molar-refractivity contribution in [3.05, 3.63) is 27.1 Å². The number of hydrogen-bond acceptors (Lipinski definition) is 2. The number of ether oxygens (including phenoxy) is 1. The molecule has 0 aromatic carbocycles. The van der Waals surface area contributed by atoms with Crippen LogP contribution in [0.2, 0.25) is 0 Å². The van der Waals surface area contributed by atoms with Gasteiger partial charge in [0, 0.05) is 21.5 Å². The highest BCUT2D eigenvalue weighted by Crippen LogP contribution is 2.22. The summed E-state index contributed by atoms with van der Waals surface area (Å²) >= 11 is 2.28. The Bertz CT molecular complexity index is 262. The first kappa shape index (κ1) is 6.54. The Kier molecular flexibility index (Phi) is 1.61. The van der Waals surface area contributed by atoms with Gasteiger partial charge in [0.1, 0.15) is 0 Å². The van der Waals surface area contributed by atoms with Crippen molar-refractivity contribution in [3.8, 4) is 0 Å². The second-order valence-electron chi connectivity index (χ2n) is 2.25. The van der Waals surface area contributed by atoms with E-state index in [0.717, 1.165) is 13.2 Å². The van der Waals surface area contributed by atoms with Crippen LogP contribution >= 0.6 is 22.6 Å². The van der Waals surface area contributed by atoms with Crippen LogP contribution in [0.4, 0.5) is 0 Å². The van der Waals surface area contributed by atoms with Gasteiger partial charge in [-0.3, -0.25) is 4.98 Å². The van der Waals surface area contributed by atoms with Crippen LogP contribution in [0.5, 0.6) is 0 Å². The second kappa shape index (κ2) is 2.47. The van der Waals surface area contributed by atoms with Crippen LogP contribution in [0.15, 0.2) is 12.4 Å². The summed E-state index contributed by atoms with van der Waals surface area (Å²) in [6, 6.07) is 0. The molecule has 1 aliphatic rings. The van der Waals surface area contributed by atoms with Gasteiger partial charge in [-0.1, -0.05) is 0 Å². The molecule has 2 rings (SSSR count). The molecule has 1 aliphatic heterocycles. The molecule has 52 valence electrons. The van der Waals surface area contributed by atoms with Gasteiger partial charge >= 0.3 is 0 Å². The van der Waals surface area contributed by atoms with Crippen LogP contribution in [0.1, 0.15) is 11.1 Å². The topological polar surface area (TPSA) is 22.1 Å². The minimum absolute atomic E-state index is 0.735. The fourth-order valence-corrected chi connectivity index (χ4v) is 1.71. The molecule has 1 aromatic heterocycles. The van der Waals surface area contributed by atoms with Crippen LogP contribution in [0, 0.1) is 3.57 Å². The summed E-state index contributed by atoms with van der Waals surface area (Å²) < 4.78 is 6.47. The predicted octanol–water partition coefficient (Wildman–Crippen LogP) is 1.72. The van der Waals surface area contributed by atoms with Gasteiger partial charge in [0.15, 0.2) is 0 Å². The summed E-state index contributed by atoms with van der Waals surface area (Å²) in [5.74, 6) is 0. The third-order valence-electron chi connectivity index (χ3n) is 1.60. The molecule has 10 heavy (non-hydrogen) atoms. The zero-order chi connectivity index (χ0) is 6.97. The zero-order valence-electron chi connectivity index (χ0n) is 5.30. The Morgan fingerprint density at radius 3 is 3.10 bits per heavy atom. The number of halogens is 1. The average Bonchev–Trinajstić information content (AvgIpc) is 2.36. The maximum atomic E-state index is 5.25. The summed E-state index contributed by atoms with van der Waals surface area (Å²) in [4.78, 5) is 4.07. The molecule has 0 aliphatic carbocycles. The molecule has 0 fully saturated rings. The molecule has 2 heterocycles. The van der Waals surface area contributed by atoms with Crippen LogP contribution < -0.4 is 0 Å². The Hall–Kier alpha value is -0.160. The molecule has 0 amide bonds. The van der Waals surface area contributed by atoms with Crippen molar-refractivity contribution in [1.29, 1.82) is 0 Å². The highest BCUT2D eigenvalue weighted by molar-refractivity contribution is 14.1. The van der Waals surface area contributed by atoms with Crippen LogP contribution in [0.3, 0.4) is 0 Å². The van der Waals surface area contributed by atoms with E-state index in [2.05, 4.69) is 27.6 Å². The Morgan fingerprint density at radius 1 is 1.40 bits per heavy atom. The lowest BCUT2D eigenvalue weighted by Gasteiger charge is -1.96. The molecule has 2 nitrogen and oxygen atoms in total. The third kappa shape index (κ3) is 0.932. The fraction of sp³-hybridized carbons (Fsp3) is 0.286. The Labute approximate surface area is 72.8 Å². The first-order valence-corrected chi connectivity index (χ1v) is 4.15. The lowest BCUT2D eigenvalue weighted by molar-refractivity contribution is 0.134. The molecule has 0 unspecified atom stereocenters. The van der Waals surface area contributed by atoms with Gasteiger partial charge < -0.3 is 4.74 Å². The predicted molar refractivity (Wildman–Crippen MR) is 45.4 cm³/mol. The van der Waals surface area contributed by atoms with E-state index in [4.69, 9.17) is 4.74 Å². The summed E-state index contributed by atoms with van der Waals surface area (Å²) in [6.07, 6.45) is 3.75. The summed E-state index contributed by atoms with van der Waals surface area (Å²) in [6.45, 7) is 1.50. The molecule has 0 N–H and O–H groups in total. The van der Waals surface area contributed by atoms with Crippen molar-refractivity contribution in [2.24, 2.45) is 0 Å². The molecule has 0 bridgehead atoms. The van der Waals surface area contributed by atoms with Crippen LogP contribution in [0.25, 0.3) is 0 Å². The highest BCUT2D eigenvalue weighted by Gasteiger charge is 2.13. The van der Waals surface area contributed by atoms with E-state index in [1.54, 1.807) is 0 Å². The molecule has 0 saturated carbocycles. The van der Waals surface area contributed by atoms with Crippen molar-refractivity contribution in [2.75, 3.05) is 0 Å². The standard InChI is InChI=1S/C7H6INO/c8-7-2-9-1-5-3-10-4-6(5)7/h1-2H,3-4H2. The average molecular weight is 247 g/mol. The maximum Gasteiger partial charge on any atom is 0.0740 e. The van der Waals surface area contributed by atoms with Crippen molar-refractivity contribution in [1.82, 2.24) is 4.98 Å². The van der Waals surface area contributed by atoms with E-state index < -0.39 is 0 Å². The third-order valence-corrected chi connectivity index (χ3v) is 2.53. The molecular weight excluding hydrogens is 241 g/mol. The van der Waals surface area contributed by atoms with Crippen LogP contribution in [-0.2, 0) is 18.0 Å². The first-order chi connectivity index (χ1) is 4.88. The minimum Gasteiger partial charge on any atom is -0.372 e. The van der Waals surface area contributed by atoms with E-state index in [1.807, 2.05) is 12.4 Å². The molecule has 0 spiro atoms. The van der Waals surface area contributed by atoms with E-state index in [-0.39, 0.29) is 0 Å². The lowest BCUT2D eigenvalue weighted by atomic mass is 10.2. The number of pyridine rings is 1. The van der Waals surface area contributed by atoms with Crippen LogP contribution in [-0.4, -0.2) is 4.98 Å². The molecule has 3 heteroatoms. The largest absolute Gasteiger partial charge is 0.372 e. The molecular formula is C7H6INO. The molecule has 0 radical (unpaired) electrons. The van der Waals surface area contributed by atoms with Gasteiger partial charge in [-0.15, -0.1) is 0 Å². The summed E-state index contributed by atoms with van der Waals surface area (Å²) in [5.41, 5.74) is 2.56. The van der Waals surface area contributed by atoms with Crippen molar-refractivity contribution >= 4 is 22.6 Å². The van der Waals surface area contributed by atoms with Crippen molar-refractivity contribution in [3.63, 3.8) is 0 Å². The quantitative estimate of drug-likeness (QED) is 0.651. The Morgan fingerprint density at radius 2 is 2.30 bits per heavy atom.